The van der Waals surface area contributed by atoms with E-state index in [9.17, 15) is 0 Å². The zero-order valence-corrected chi connectivity index (χ0v) is 10.4. The largest absolute Gasteiger partial charge is 0.332 e. The second-order valence-electron chi connectivity index (χ2n) is 4.33. The lowest BCUT2D eigenvalue weighted by molar-refractivity contribution is 0.697. The predicted octanol–water partition coefficient (Wildman–Crippen LogP) is 3.51. The highest BCUT2D eigenvalue weighted by Crippen LogP contribution is 2.25. The molecular weight excluding hydrogens is 222 g/mol. The molecule has 3 heteroatoms. The Morgan fingerprint density at radius 1 is 1.06 bits per heavy atom. The second-order valence-corrected chi connectivity index (χ2v) is 4.33. The molecule has 0 unspecified atom stereocenters. The van der Waals surface area contributed by atoms with Crippen molar-refractivity contribution >= 4 is 11.0 Å². The lowest BCUT2D eigenvalue weighted by atomic mass is 10.1. The van der Waals surface area contributed by atoms with E-state index >= 15 is 0 Å². The fourth-order valence-corrected chi connectivity index (χ4v) is 2.25. The van der Waals surface area contributed by atoms with Gasteiger partial charge < -0.3 is 4.57 Å². The molecule has 0 saturated carbocycles. The van der Waals surface area contributed by atoms with Crippen LogP contribution in [0.1, 0.15) is 13.3 Å². The van der Waals surface area contributed by atoms with E-state index in [1.54, 1.807) is 6.33 Å². The summed E-state index contributed by atoms with van der Waals surface area (Å²) in [6.45, 7) is 3.17. The van der Waals surface area contributed by atoms with Crippen LogP contribution in [0.3, 0.4) is 0 Å². The van der Waals surface area contributed by atoms with Crippen molar-refractivity contribution in [3.63, 3.8) is 0 Å². The second kappa shape index (κ2) is 4.61. The van der Waals surface area contributed by atoms with Crippen molar-refractivity contribution in [2.75, 3.05) is 0 Å². The van der Waals surface area contributed by atoms with Gasteiger partial charge in [-0.25, -0.2) is 9.97 Å². The van der Waals surface area contributed by atoms with Crippen molar-refractivity contribution < 1.29 is 0 Å². The van der Waals surface area contributed by atoms with Gasteiger partial charge in [-0.3, -0.25) is 0 Å². The van der Waals surface area contributed by atoms with Crippen molar-refractivity contribution in [1.29, 1.82) is 0 Å². The monoisotopic (exact) mass is 237 g/mol. The maximum Gasteiger partial charge on any atom is 0.143 e. The van der Waals surface area contributed by atoms with E-state index in [1.807, 2.05) is 18.2 Å². The van der Waals surface area contributed by atoms with Crippen LogP contribution in [0.5, 0.6) is 0 Å². The molecule has 0 spiro atoms. The number of benzene rings is 1. The number of rotatable bonds is 3. The van der Waals surface area contributed by atoms with Gasteiger partial charge in [-0.2, -0.15) is 0 Å². The van der Waals surface area contributed by atoms with E-state index in [0.29, 0.717) is 0 Å². The molecule has 3 rings (SSSR count). The quantitative estimate of drug-likeness (QED) is 0.698. The van der Waals surface area contributed by atoms with Crippen LogP contribution in [0.25, 0.3) is 22.3 Å². The van der Waals surface area contributed by atoms with Crippen molar-refractivity contribution in [2.45, 2.75) is 19.9 Å². The van der Waals surface area contributed by atoms with E-state index in [4.69, 9.17) is 0 Å². The molecule has 0 atom stereocenters. The average Bonchev–Trinajstić information content (AvgIpc) is 2.84. The van der Waals surface area contributed by atoms with Crippen LogP contribution in [-0.2, 0) is 6.54 Å². The molecule has 0 aliphatic heterocycles. The molecule has 0 fully saturated rings. The van der Waals surface area contributed by atoms with Crippen molar-refractivity contribution in [3.8, 4) is 11.3 Å². The van der Waals surface area contributed by atoms with Gasteiger partial charge in [-0.1, -0.05) is 37.3 Å². The van der Waals surface area contributed by atoms with Gasteiger partial charge in [0.1, 0.15) is 12.0 Å². The van der Waals surface area contributed by atoms with E-state index in [2.05, 4.69) is 45.9 Å². The maximum atomic E-state index is 4.43. The van der Waals surface area contributed by atoms with E-state index < -0.39 is 0 Å². The van der Waals surface area contributed by atoms with Crippen molar-refractivity contribution in [2.24, 2.45) is 0 Å². The van der Waals surface area contributed by atoms with Crippen LogP contribution < -0.4 is 0 Å². The predicted molar refractivity (Wildman–Crippen MR) is 73.3 cm³/mol. The fraction of sp³-hybridized carbons (Fsp3) is 0.200. The highest BCUT2D eigenvalue weighted by Gasteiger charge is 2.08. The van der Waals surface area contributed by atoms with Gasteiger partial charge in [0.25, 0.3) is 0 Å². The highest BCUT2D eigenvalue weighted by atomic mass is 15.0. The van der Waals surface area contributed by atoms with E-state index in [0.717, 1.165) is 35.3 Å². The van der Waals surface area contributed by atoms with E-state index in [-0.39, 0.29) is 0 Å². The van der Waals surface area contributed by atoms with E-state index in [1.165, 1.54) is 0 Å². The first-order chi connectivity index (χ1) is 8.90. The minimum Gasteiger partial charge on any atom is -0.332 e. The SMILES string of the molecule is CCCn1ccc2c(-c3ccccc3)ncnc21. The summed E-state index contributed by atoms with van der Waals surface area (Å²) >= 11 is 0. The van der Waals surface area contributed by atoms with Gasteiger partial charge in [-0.15, -0.1) is 0 Å². The summed E-state index contributed by atoms with van der Waals surface area (Å²) in [4.78, 5) is 8.82. The minimum absolute atomic E-state index is 0.995. The summed E-state index contributed by atoms with van der Waals surface area (Å²) in [7, 11) is 0. The standard InChI is InChI=1S/C15H15N3/c1-2-9-18-10-8-13-14(16-11-17-15(13)18)12-6-4-3-5-7-12/h3-8,10-11H,2,9H2,1H3. The topological polar surface area (TPSA) is 30.7 Å². The van der Waals surface area contributed by atoms with Crippen LogP contribution in [0.15, 0.2) is 48.9 Å². The minimum atomic E-state index is 0.995. The summed E-state index contributed by atoms with van der Waals surface area (Å²) in [5.41, 5.74) is 3.17. The molecule has 18 heavy (non-hydrogen) atoms. The van der Waals surface area contributed by atoms with Gasteiger partial charge in [0.2, 0.25) is 0 Å². The number of hydrogen-bond donors (Lipinski definition) is 0. The Kier molecular flexibility index (Phi) is 2.81. The third-order valence-corrected chi connectivity index (χ3v) is 3.07. The zero-order chi connectivity index (χ0) is 12.4. The summed E-state index contributed by atoms with van der Waals surface area (Å²) in [6.07, 6.45) is 4.85. The highest BCUT2D eigenvalue weighted by molar-refractivity contribution is 5.90. The molecule has 0 N–H and O–H groups in total. The normalized spacial score (nSPS) is 10.9. The van der Waals surface area contributed by atoms with Crippen LogP contribution >= 0.6 is 0 Å². The molecule has 1 aromatic carbocycles. The summed E-state index contributed by atoms with van der Waals surface area (Å²) < 4.78 is 2.18. The summed E-state index contributed by atoms with van der Waals surface area (Å²) in [5, 5.41) is 1.12. The number of fused-ring (bicyclic) bond motifs is 1. The fourth-order valence-electron chi connectivity index (χ4n) is 2.25. The Balaban J connectivity index is 2.19. The third kappa shape index (κ3) is 1.78. The first-order valence-electron chi connectivity index (χ1n) is 6.25. The third-order valence-electron chi connectivity index (χ3n) is 3.07. The van der Waals surface area contributed by atoms with Crippen LogP contribution in [0.4, 0.5) is 0 Å². The lowest BCUT2D eigenvalue weighted by Gasteiger charge is -2.04. The Morgan fingerprint density at radius 2 is 1.89 bits per heavy atom. The van der Waals surface area contributed by atoms with Gasteiger partial charge >= 0.3 is 0 Å². The van der Waals surface area contributed by atoms with Crippen LogP contribution in [0, 0.1) is 0 Å². The van der Waals surface area contributed by atoms with Gasteiger partial charge in [-0.05, 0) is 12.5 Å². The Labute approximate surface area is 106 Å². The maximum absolute atomic E-state index is 4.43. The van der Waals surface area contributed by atoms with Crippen molar-refractivity contribution in [3.05, 3.63) is 48.9 Å². The summed E-state index contributed by atoms with van der Waals surface area (Å²) in [5.74, 6) is 0. The molecule has 90 valence electrons. The molecule has 3 nitrogen and oxygen atoms in total. The van der Waals surface area contributed by atoms with Gasteiger partial charge in [0, 0.05) is 23.7 Å². The zero-order valence-electron chi connectivity index (χ0n) is 10.4. The first-order valence-corrected chi connectivity index (χ1v) is 6.25. The number of hydrogen-bond acceptors (Lipinski definition) is 2. The molecular formula is C15H15N3. The molecule has 2 aromatic heterocycles. The van der Waals surface area contributed by atoms with Crippen molar-refractivity contribution in [1.82, 2.24) is 14.5 Å². The number of aryl methyl sites for hydroxylation is 1. The number of aromatic nitrogens is 3. The molecule has 3 aromatic rings. The summed E-state index contributed by atoms with van der Waals surface area (Å²) in [6, 6.07) is 12.4. The van der Waals surface area contributed by atoms with Gasteiger partial charge in [0.05, 0.1) is 5.69 Å². The van der Waals surface area contributed by atoms with Crippen LogP contribution in [-0.4, -0.2) is 14.5 Å². The molecule has 0 aliphatic carbocycles. The molecule has 2 heterocycles. The van der Waals surface area contributed by atoms with Crippen LogP contribution in [0.2, 0.25) is 0 Å². The number of nitrogens with zero attached hydrogens (tertiary/aromatic N) is 3. The molecule has 0 radical (unpaired) electrons. The Morgan fingerprint density at radius 3 is 2.67 bits per heavy atom. The average molecular weight is 237 g/mol. The molecule has 0 saturated heterocycles. The Bertz CT molecular complexity index is 656. The smallest absolute Gasteiger partial charge is 0.143 e. The first kappa shape index (κ1) is 11.0. The molecule has 0 amide bonds. The molecule has 0 aliphatic rings. The molecule has 0 bridgehead atoms. The Hall–Kier alpha value is -2.16. The van der Waals surface area contributed by atoms with Gasteiger partial charge in [0.15, 0.2) is 0 Å². The lowest BCUT2D eigenvalue weighted by Crippen LogP contribution is -1.96.